The van der Waals surface area contributed by atoms with Gasteiger partial charge in [0.1, 0.15) is 5.82 Å². The van der Waals surface area contributed by atoms with Crippen LogP contribution in [0, 0.1) is 6.92 Å². The summed E-state index contributed by atoms with van der Waals surface area (Å²) in [6.07, 6.45) is 0.780. The van der Waals surface area contributed by atoms with Crippen molar-refractivity contribution in [2.45, 2.75) is 20.3 Å². The predicted octanol–water partition coefficient (Wildman–Crippen LogP) is 2.56. The quantitative estimate of drug-likeness (QED) is 0.840. The van der Waals surface area contributed by atoms with Gasteiger partial charge in [-0.3, -0.25) is 4.68 Å². The zero-order valence-electron chi connectivity index (χ0n) is 11.8. The summed E-state index contributed by atoms with van der Waals surface area (Å²) in [5.74, 6) is 0.709. The van der Waals surface area contributed by atoms with Crippen molar-refractivity contribution in [2.75, 3.05) is 18.9 Å². The summed E-state index contributed by atoms with van der Waals surface area (Å²) >= 11 is 0. The maximum absolute atomic E-state index is 6.17. The monoisotopic (exact) mass is 259 g/mol. The smallest absolute Gasteiger partial charge is 0.129 e. The molecule has 0 aliphatic carbocycles. The number of aryl methyl sites for hydroxylation is 2. The molecule has 4 nitrogen and oxygen atoms in total. The summed E-state index contributed by atoms with van der Waals surface area (Å²) in [6.45, 7) is 5.48. The van der Waals surface area contributed by atoms with Crippen LogP contribution in [0.25, 0.3) is 11.1 Å². The number of rotatable bonds is 5. The van der Waals surface area contributed by atoms with Gasteiger partial charge in [-0.15, -0.1) is 0 Å². The Morgan fingerprint density at radius 2 is 2.05 bits per heavy atom. The Kier molecular flexibility index (Phi) is 4.22. The van der Waals surface area contributed by atoms with Gasteiger partial charge in [0.2, 0.25) is 0 Å². The van der Waals surface area contributed by atoms with Crippen molar-refractivity contribution in [3.8, 4) is 11.1 Å². The molecule has 102 valence electrons. The van der Waals surface area contributed by atoms with Crippen LogP contribution in [0.4, 0.5) is 5.82 Å². The molecule has 19 heavy (non-hydrogen) atoms. The average molecular weight is 259 g/mol. The first-order valence-corrected chi connectivity index (χ1v) is 6.60. The third-order valence-corrected chi connectivity index (χ3v) is 3.27. The number of nitrogen functional groups attached to an aromatic ring is 1. The molecular weight excluding hydrogens is 238 g/mol. The Labute approximate surface area is 114 Å². The van der Waals surface area contributed by atoms with E-state index in [4.69, 9.17) is 10.5 Å². The zero-order valence-corrected chi connectivity index (χ0v) is 11.8. The molecule has 0 saturated heterocycles. The van der Waals surface area contributed by atoms with E-state index in [1.165, 1.54) is 5.56 Å². The van der Waals surface area contributed by atoms with Gasteiger partial charge in [0, 0.05) is 25.6 Å². The Morgan fingerprint density at radius 3 is 2.74 bits per heavy atom. The van der Waals surface area contributed by atoms with Crippen LogP contribution in [0.1, 0.15) is 18.2 Å². The van der Waals surface area contributed by atoms with Crippen LogP contribution in [0.3, 0.4) is 0 Å². The van der Waals surface area contributed by atoms with Crippen LogP contribution in [0.2, 0.25) is 0 Å². The molecule has 2 rings (SSSR count). The van der Waals surface area contributed by atoms with Gasteiger partial charge in [0.25, 0.3) is 0 Å². The van der Waals surface area contributed by atoms with Crippen molar-refractivity contribution in [3.63, 3.8) is 0 Å². The van der Waals surface area contributed by atoms with E-state index in [9.17, 15) is 0 Å². The van der Waals surface area contributed by atoms with Gasteiger partial charge in [0.15, 0.2) is 0 Å². The second kappa shape index (κ2) is 5.89. The number of aromatic nitrogens is 2. The van der Waals surface area contributed by atoms with Crippen molar-refractivity contribution in [1.29, 1.82) is 0 Å². The molecule has 0 amide bonds. The van der Waals surface area contributed by atoms with E-state index in [0.717, 1.165) is 29.8 Å². The lowest BCUT2D eigenvalue weighted by atomic mass is 9.99. The fraction of sp³-hybridized carbons (Fsp3) is 0.400. The molecule has 0 aliphatic heterocycles. The molecule has 0 bridgehead atoms. The Balaban J connectivity index is 2.41. The SMILES string of the molecule is CCOCCc1nn(C)c(N)c1-c1ccccc1C. The number of hydrogen-bond donors (Lipinski definition) is 1. The standard InChI is InChI=1S/C15H21N3O/c1-4-19-10-9-13-14(15(16)18(3)17-13)12-8-6-5-7-11(12)2/h5-8H,4,9-10,16H2,1-3H3. The van der Waals surface area contributed by atoms with Crippen molar-refractivity contribution in [1.82, 2.24) is 9.78 Å². The second-order valence-corrected chi connectivity index (χ2v) is 4.59. The molecule has 1 heterocycles. The molecule has 0 radical (unpaired) electrons. The van der Waals surface area contributed by atoms with Crippen molar-refractivity contribution in [2.24, 2.45) is 7.05 Å². The van der Waals surface area contributed by atoms with Crippen LogP contribution in [-0.2, 0) is 18.2 Å². The van der Waals surface area contributed by atoms with E-state index in [-0.39, 0.29) is 0 Å². The van der Waals surface area contributed by atoms with Gasteiger partial charge in [-0.1, -0.05) is 24.3 Å². The normalized spacial score (nSPS) is 10.9. The molecule has 2 N–H and O–H groups in total. The van der Waals surface area contributed by atoms with E-state index >= 15 is 0 Å². The minimum absolute atomic E-state index is 0.672. The van der Waals surface area contributed by atoms with Crippen molar-refractivity contribution in [3.05, 3.63) is 35.5 Å². The summed E-state index contributed by atoms with van der Waals surface area (Å²) < 4.78 is 7.16. The molecule has 0 spiro atoms. The van der Waals surface area contributed by atoms with E-state index in [0.29, 0.717) is 12.4 Å². The van der Waals surface area contributed by atoms with Crippen LogP contribution in [0.15, 0.2) is 24.3 Å². The van der Waals surface area contributed by atoms with Crippen LogP contribution < -0.4 is 5.73 Å². The molecule has 4 heteroatoms. The molecule has 0 unspecified atom stereocenters. The Morgan fingerprint density at radius 1 is 1.32 bits per heavy atom. The number of hydrogen-bond acceptors (Lipinski definition) is 3. The van der Waals surface area contributed by atoms with Gasteiger partial charge in [-0.2, -0.15) is 5.10 Å². The molecule has 0 aliphatic rings. The van der Waals surface area contributed by atoms with E-state index < -0.39 is 0 Å². The summed E-state index contributed by atoms with van der Waals surface area (Å²) in [5, 5.41) is 4.51. The highest BCUT2D eigenvalue weighted by Gasteiger charge is 2.16. The first-order chi connectivity index (χ1) is 9.15. The number of nitrogens with zero attached hydrogens (tertiary/aromatic N) is 2. The lowest BCUT2D eigenvalue weighted by Crippen LogP contribution is -2.00. The Hall–Kier alpha value is -1.81. The van der Waals surface area contributed by atoms with E-state index in [2.05, 4.69) is 24.2 Å². The molecule has 0 atom stereocenters. The topological polar surface area (TPSA) is 53.1 Å². The summed E-state index contributed by atoms with van der Waals surface area (Å²) in [6, 6.07) is 8.24. The highest BCUT2D eigenvalue weighted by atomic mass is 16.5. The minimum atomic E-state index is 0.672. The molecule has 2 aromatic rings. The van der Waals surface area contributed by atoms with Crippen LogP contribution in [0.5, 0.6) is 0 Å². The first kappa shape index (κ1) is 13.6. The van der Waals surface area contributed by atoms with Gasteiger partial charge < -0.3 is 10.5 Å². The number of anilines is 1. The number of nitrogens with two attached hydrogens (primary N) is 1. The number of ether oxygens (including phenoxy) is 1. The first-order valence-electron chi connectivity index (χ1n) is 6.60. The molecule has 1 aromatic heterocycles. The molecule has 0 saturated carbocycles. The minimum Gasteiger partial charge on any atom is -0.383 e. The lowest BCUT2D eigenvalue weighted by molar-refractivity contribution is 0.150. The second-order valence-electron chi connectivity index (χ2n) is 4.59. The van der Waals surface area contributed by atoms with Gasteiger partial charge in [-0.05, 0) is 25.0 Å². The summed E-state index contributed by atoms with van der Waals surface area (Å²) in [5.41, 5.74) is 10.6. The van der Waals surface area contributed by atoms with Crippen molar-refractivity contribution >= 4 is 5.82 Å². The van der Waals surface area contributed by atoms with Crippen LogP contribution >= 0.6 is 0 Å². The maximum atomic E-state index is 6.17. The predicted molar refractivity (Wildman–Crippen MR) is 78.0 cm³/mol. The third-order valence-electron chi connectivity index (χ3n) is 3.27. The highest BCUT2D eigenvalue weighted by molar-refractivity contribution is 5.78. The summed E-state index contributed by atoms with van der Waals surface area (Å²) in [4.78, 5) is 0. The fourth-order valence-electron chi connectivity index (χ4n) is 2.23. The van der Waals surface area contributed by atoms with Gasteiger partial charge in [0.05, 0.1) is 12.3 Å². The van der Waals surface area contributed by atoms with E-state index in [1.54, 1.807) is 4.68 Å². The van der Waals surface area contributed by atoms with Crippen LogP contribution in [-0.4, -0.2) is 23.0 Å². The lowest BCUT2D eigenvalue weighted by Gasteiger charge is -2.07. The zero-order chi connectivity index (χ0) is 13.8. The highest BCUT2D eigenvalue weighted by Crippen LogP contribution is 2.31. The van der Waals surface area contributed by atoms with Gasteiger partial charge in [-0.25, -0.2) is 0 Å². The van der Waals surface area contributed by atoms with E-state index in [1.807, 2.05) is 26.1 Å². The average Bonchev–Trinajstić information content (AvgIpc) is 2.67. The molecule has 0 fully saturated rings. The fourth-order valence-corrected chi connectivity index (χ4v) is 2.23. The summed E-state index contributed by atoms with van der Waals surface area (Å²) in [7, 11) is 1.88. The molecular formula is C15H21N3O. The largest absolute Gasteiger partial charge is 0.383 e. The Bertz CT molecular complexity index is 561. The van der Waals surface area contributed by atoms with Gasteiger partial charge >= 0.3 is 0 Å². The number of benzene rings is 1. The third kappa shape index (κ3) is 2.79. The maximum Gasteiger partial charge on any atom is 0.129 e. The molecule has 1 aromatic carbocycles. The van der Waals surface area contributed by atoms with Crippen molar-refractivity contribution < 1.29 is 4.74 Å².